The highest BCUT2D eigenvalue weighted by molar-refractivity contribution is 6.31. The maximum atomic E-state index is 12.4. The maximum absolute atomic E-state index is 12.4. The first kappa shape index (κ1) is 34.3. The Hall–Kier alpha value is -6.14. The zero-order valence-electron chi connectivity index (χ0n) is 29.0. The summed E-state index contributed by atoms with van der Waals surface area (Å²) >= 11 is 6.48. The van der Waals surface area contributed by atoms with Crippen molar-refractivity contribution < 1.29 is 19.4 Å². The van der Waals surface area contributed by atoms with Crippen LogP contribution in [-0.2, 0) is 29.8 Å². The van der Waals surface area contributed by atoms with Crippen LogP contribution in [0.3, 0.4) is 0 Å². The Balaban J connectivity index is 0.000000206. The van der Waals surface area contributed by atoms with Gasteiger partial charge >= 0.3 is 0 Å². The third-order valence-corrected chi connectivity index (χ3v) is 9.32. The average Bonchev–Trinajstić information content (AvgIpc) is 3.87. The second-order valence-corrected chi connectivity index (χ2v) is 13.1. The van der Waals surface area contributed by atoms with E-state index >= 15 is 0 Å². The number of nitrogens with zero attached hydrogens (tertiary/aromatic N) is 8. The summed E-state index contributed by atoms with van der Waals surface area (Å²) in [6, 6.07) is 17.2. The van der Waals surface area contributed by atoms with E-state index in [1.54, 1.807) is 37.9 Å². The van der Waals surface area contributed by atoms with Gasteiger partial charge < -0.3 is 14.4 Å². The standard InChI is InChI=1S/C26H24ClN5O3.C13H11N3O/c1-15-9-24(33)32(26(15)34)13-17-11-28-12-21(27)20(17)14-35-23-6-4-5-18-19(10-16(2)30-25(18)23)22-7-8-29-31(22)3;1-9-7-11(16-6-5-14-8-16)10-3-2-4-12(17)13(10)15-9/h4-8,10-12,15H,9,13-14H2,1-3H3;2-8,17H,1H3. The van der Waals surface area contributed by atoms with Crippen molar-refractivity contribution >= 4 is 45.2 Å². The van der Waals surface area contributed by atoms with Gasteiger partial charge in [0.25, 0.3) is 0 Å². The molecule has 2 aromatic carbocycles. The summed E-state index contributed by atoms with van der Waals surface area (Å²) in [6.07, 6.45) is 10.5. The van der Waals surface area contributed by atoms with Crippen molar-refractivity contribution in [2.75, 3.05) is 0 Å². The number of phenolic OH excluding ortho intramolecular Hbond substituents is 1. The summed E-state index contributed by atoms with van der Waals surface area (Å²) in [6.45, 7) is 5.87. The number of carbonyl (C=O) groups excluding carboxylic acids is 2. The number of aromatic hydroxyl groups is 1. The third kappa shape index (κ3) is 6.68. The maximum Gasteiger partial charge on any atom is 0.232 e. The lowest BCUT2D eigenvalue weighted by atomic mass is 10.0. The van der Waals surface area contributed by atoms with E-state index in [1.807, 2.05) is 84.9 Å². The predicted octanol–water partition coefficient (Wildman–Crippen LogP) is 6.90. The number of para-hydroxylation sites is 2. The van der Waals surface area contributed by atoms with Gasteiger partial charge in [0.2, 0.25) is 11.8 Å². The number of rotatable bonds is 7. The number of amides is 2. The number of aromatic nitrogens is 7. The Morgan fingerprint density at radius 1 is 0.942 bits per heavy atom. The Labute approximate surface area is 304 Å². The number of imidazole rings is 1. The van der Waals surface area contributed by atoms with Gasteiger partial charge in [0.15, 0.2) is 0 Å². The van der Waals surface area contributed by atoms with Crippen molar-refractivity contribution in [3.8, 4) is 28.4 Å². The van der Waals surface area contributed by atoms with Crippen molar-refractivity contribution in [1.82, 2.24) is 39.2 Å². The van der Waals surface area contributed by atoms with Crippen LogP contribution >= 0.6 is 11.6 Å². The summed E-state index contributed by atoms with van der Waals surface area (Å²) in [5, 5.41) is 16.4. The van der Waals surface area contributed by atoms with Gasteiger partial charge in [0.1, 0.15) is 29.1 Å². The highest BCUT2D eigenvalue weighted by Gasteiger charge is 2.36. The quantitative estimate of drug-likeness (QED) is 0.175. The number of benzene rings is 2. The topological polar surface area (TPSA) is 141 Å². The highest BCUT2D eigenvalue weighted by atomic mass is 35.5. The molecule has 13 heteroatoms. The largest absolute Gasteiger partial charge is 0.506 e. The molecule has 1 aliphatic heterocycles. The Bertz CT molecular complexity index is 2460. The smallest absolute Gasteiger partial charge is 0.232 e. The number of hydrogen-bond acceptors (Lipinski definition) is 9. The first-order valence-electron chi connectivity index (χ1n) is 16.6. The molecule has 262 valence electrons. The van der Waals surface area contributed by atoms with E-state index in [9.17, 15) is 14.7 Å². The van der Waals surface area contributed by atoms with Crippen LogP contribution in [0.2, 0.25) is 5.02 Å². The molecular weight excluding hydrogens is 680 g/mol. The molecule has 12 nitrogen and oxygen atoms in total. The number of phenols is 1. The number of carbonyl (C=O) groups is 2. The van der Waals surface area contributed by atoms with Crippen LogP contribution < -0.4 is 4.74 Å². The predicted molar refractivity (Wildman–Crippen MR) is 197 cm³/mol. The molecule has 0 spiro atoms. The van der Waals surface area contributed by atoms with Gasteiger partial charge in [-0.2, -0.15) is 5.10 Å². The number of ether oxygens (including phenoxy) is 1. The van der Waals surface area contributed by atoms with Gasteiger partial charge in [-0.15, -0.1) is 0 Å². The minimum atomic E-state index is -0.312. The van der Waals surface area contributed by atoms with Gasteiger partial charge in [-0.1, -0.05) is 42.8 Å². The second-order valence-electron chi connectivity index (χ2n) is 12.7. The van der Waals surface area contributed by atoms with Crippen molar-refractivity contribution in [1.29, 1.82) is 0 Å². The van der Waals surface area contributed by atoms with E-state index in [4.69, 9.17) is 21.3 Å². The van der Waals surface area contributed by atoms with Crippen molar-refractivity contribution in [2.24, 2.45) is 13.0 Å². The van der Waals surface area contributed by atoms with Crippen LogP contribution in [0.25, 0.3) is 38.8 Å². The third-order valence-electron chi connectivity index (χ3n) is 9.00. The lowest BCUT2D eigenvalue weighted by Crippen LogP contribution is -2.30. The molecule has 1 atom stereocenters. The Morgan fingerprint density at radius 2 is 1.71 bits per heavy atom. The zero-order valence-corrected chi connectivity index (χ0v) is 29.7. The van der Waals surface area contributed by atoms with E-state index in [2.05, 4.69) is 20.1 Å². The molecule has 5 aromatic heterocycles. The van der Waals surface area contributed by atoms with Crippen LogP contribution in [0.1, 0.15) is 35.9 Å². The van der Waals surface area contributed by atoms with Crippen molar-refractivity contribution in [2.45, 2.75) is 40.3 Å². The summed E-state index contributed by atoms with van der Waals surface area (Å²) in [4.78, 5) is 43.3. The van der Waals surface area contributed by atoms with Gasteiger partial charge in [0.05, 0.1) is 29.3 Å². The average molecular weight is 715 g/mol. The first-order chi connectivity index (χ1) is 25.1. The molecule has 0 radical (unpaired) electrons. The number of imide groups is 1. The molecule has 1 aliphatic rings. The Kier molecular flexibility index (Phi) is 9.39. The lowest BCUT2D eigenvalue weighted by molar-refractivity contribution is -0.139. The molecule has 1 saturated heterocycles. The van der Waals surface area contributed by atoms with Gasteiger partial charge in [-0.05, 0) is 49.7 Å². The molecule has 0 saturated carbocycles. The summed E-state index contributed by atoms with van der Waals surface area (Å²) in [5.41, 5.74) is 7.39. The SMILES string of the molecule is Cc1cc(-c2ccnn2C)c2cccc(OCc3c(Cl)cncc3CN3C(=O)CC(C)C3=O)c2n1.Cc1cc(-n2ccnc2)c2cccc(O)c2n1. The van der Waals surface area contributed by atoms with Crippen LogP contribution in [0.4, 0.5) is 0 Å². The number of likely N-dealkylation sites (tertiary alicyclic amines) is 1. The first-order valence-corrected chi connectivity index (χ1v) is 17.0. The number of aryl methyl sites for hydroxylation is 3. The molecule has 1 N–H and O–H groups in total. The van der Waals surface area contributed by atoms with E-state index in [1.165, 1.54) is 11.1 Å². The van der Waals surface area contributed by atoms with Gasteiger partial charge in [-0.3, -0.25) is 24.2 Å². The fourth-order valence-electron chi connectivity index (χ4n) is 6.41. The van der Waals surface area contributed by atoms with E-state index < -0.39 is 0 Å². The molecule has 2 amide bonds. The minimum Gasteiger partial charge on any atom is -0.506 e. The van der Waals surface area contributed by atoms with Gasteiger partial charge in [-0.25, -0.2) is 15.0 Å². The summed E-state index contributed by atoms with van der Waals surface area (Å²) in [7, 11) is 1.90. The molecule has 0 bridgehead atoms. The normalized spacial score (nSPS) is 14.2. The molecule has 7 aromatic rings. The molecule has 1 unspecified atom stereocenters. The number of halogens is 1. The lowest BCUT2D eigenvalue weighted by Gasteiger charge is -2.18. The van der Waals surface area contributed by atoms with E-state index in [0.29, 0.717) is 27.4 Å². The summed E-state index contributed by atoms with van der Waals surface area (Å²) in [5.74, 6) is 0.125. The molecular formula is C39H35ClN8O4. The fourth-order valence-corrected chi connectivity index (χ4v) is 6.64. The molecule has 8 rings (SSSR count). The minimum absolute atomic E-state index is 0.117. The fraction of sp³-hybridized carbons (Fsp3) is 0.205. The van der Waals surface area contributed by atoms with Crippen LogP contribution in [0, 0.1) is 19.8 Å². The van der Waals surface area contributed by atoms with Crippen LogP contribution in [0.5, 0.6) is 11.5 Å². The van der Waals surface area contributed by atoms with Crippen molar-refractivity contribution in [3.05, 3.63) is 119 Å². The second kappa shape index (κ2) is 14.2. The zero-order chi connectivity index (χ0) is 36.5. The van der Waals surface area contributed by atoms with E-state index in [-0.39, 0.29) is 43.1 Å². The number of pyridine rings is 3. The van der Waals surface area contributed by atoms with E-state index in [0.717, 1.165) is 44.6 Å². The van der Waals surface area contributed by atoms with Crippen LogP contribution in [-0.4, -0.2) is 56.1 Å². The summed E-state index contributed by atoms with van der Waals surface area (Å²) < 4.78 is 9.98. The number of hydrogen-bond donors (Lipinski definition) is 1. The highest BCUT2D eigenvalue weighted by Crippen LogP contribution is 2.34. The van der Waals surface area contributed by atoms with Crippen LogP contribution in [0.15, 0.2) is 91.9 Å². The molecule has 6 heterocycles. The monoisotopic (exact) mass is 714 g/mol. The Morgan fingerprint density at radius 3 is 2.44 bits per heavy atom. The number of fused-ring (bicyclic) bond motifs is 2. The van der Waals surface area contributed by atoms with Crippen molar-refractivity contribution in [3.63, 3.8) is 0 Å². The molecule has 1 fully saturated rings. The molecule has 52 heavy (non-hydrogen) atoms. The van der Waals surface area contributed by atoms with Gasteiger partial charge in [0, 0.05) is 83.7 Å². The molecule has 0 aliphatic carbocycles.